The minimum Gasteiger partial charge on any atom is -0.263 e. The molecule has 7 heteroatoms. The lowest BCUT2D eigenvalue weighted by Gasteiger charge is -2.13. The summed E-state index contributed by atoms with van der Waals surface area (Å²) < 4.78 is 2.31. The predicted octanol–water partition coefficient (Wildman–Crippen LogP) is 9.91. The van der Waals surface area contributed by atoms with E-state index in [1.807, 2.05) is 91.5 Å². The Labute approximate surface area is 274 Å². The van der Waals surface area contributed by atoms with E-state index < -0.39 is 0 Å². The summed E-state index contributed by atoms with van der Waals surface area (Å²) in [7, 11) is 0. The van der Waals surface area contributed by atoms with E-state index in [1.165, 1.54) is 4.70 Å². The summed E-state index contributed by atoms with van der Waals surface area (Å²) in [6, 6.07) is 41.0. The van der Waals surface area contributed by atoms with Crippen LogP contribution < -0.4 is 0 Å². The van der Waals surface area contributed by atoms with Gasteiger partial charge >= 0.3 is 0 Å². The fourth-order valence-electron chi connectivity index (χ4n) is 6.13. The van der Waals surface area contributed by atoms with Gasteiger partial charge in [0.25, 0.3) is 0 Å². The van der Waals surface area contributed by atoms with Crippen LogP contribution in [0.1, 0.15) is 0 Å². The van der Waals surface area contributed by atoms with E-state index in [9.17, 15) is 0 Å². The molecule has 0 bridgehead atoms. The second kappa shape index (κ2) is 11.3. The molecule has 0 saturated heterocycles. The SMILES string of the molecule is c1ccc(-c2nc(-c3ccccc3)nc(-c3cccc(-c4cnc(-c5nccc6sc7cnccc7c56)c5ccccc45)c3)n2)cc1. The first-order chi connectivity index (χ1) is 23.3. The van der Waals surface area contributed by atoms with E-state index in [-0.39, 0.29) is 0 Å². The first-order valence-corrected chi connectivity index (χ1v) is 16.1. The summed E-state index contributed by atoms with van der Waals surface area (Å²) in [5, 5.41) is 4.40. The van der Waals surface area contributed by atoms with E-state index in [0.29, 0.717) is 17.5 Å². The average molecular weight is 621 g/mol. The fraction of sp³-hybridized carbons (Fsp3) is 0. The summed E-state index contributed by atoms with van der Waals surface area (Å²) >= 11 is 1.73. The molecule has 4 aromatic carbocycles. The predicted molar refractivity (Wildman–Crippen MR) is 191 cm³/mol. The molecule has 5 heterocycles. The number of rotatable bonds is 5. The van der Waals surface area contributed by atoms with Crippen molar-refractivity contribution in [3.63, 3.8) is 0 Å². The Balaban J connectivity index is 1.20. The van der Waals surface area contributed by atoms with Crippen molar-refractivity contribution in [1.82, 2.24) is 29.9 Å². The number of hydrogen-bond acceptors (Lipinski definition) is 7. The molecule has 0 radical (unpaired) electrons. The van der Waals surface area contributed by atoms with Crippen molar-refractivity contribution in [3.8, 4) is 56.7 Å². The molecule has 0 atom stereocenters. The topological polar surface area (TPSA) is 77.3 Å². The third-order valence-electron chi connectivity index (χ3n) is 8.34. The van der Waals surface area contributed by atoms with Gasteiger partial charge in [0.15, 0.2) is 17.5 Å². The highest BCUT2D eigenvalue weighted by Gasteiger charge is 2.18. The van der Waals surface area contributed by atoms with Crippen LogP contribution in [0.5, 0.6) is 0 Å². The van der Waals surface area contributed by atoms with Crippen molar-refractivity contribution in [2.24, 2.45) is 0 Å². The van der Waals surface area contributed by atoms with Gasteiger partial charge in [-0.15, -0.1) is 11.3 Å². The highest BCUT2D eigenvalue weighted by Crippen LogP contribution is 2.41. The molecule has 9 rings (SSSR count). The Morgan fingerprint density at radius 2 is 1.06 bits per heavy atom. The van der Waals surface area contributed by atoms with Crippen molar-refractivity contribution < 1.29 is 0 Å². The zero-order valence-electron chi connectivity index (χ0n) is 24.9. The summed E-state index contributed by atoms with van der Waals surface area (Å²) in [5.41, 5.74) is 6.57. The lowest BCUT2D eigenvalue weighted by Crippen LogP contribution is -2.00. The molecule has 220 valence electrons. The maximum absolute atomic E-state index is 5.09. The van der Waals surface area contributed by atoms with E-state index in [4.69, 9.17) is 24.9 Å². The standard InChI is InChI=1S/C40H24N6S/c1-3-10-25(11-4-1)38-44-39(26-12-5-2-6-13-26)46-40(45-38)28-15-9-14-27(22-28)32-23-43-36(30-17-8-7-16-29(30)32)37-35-31-18-20-41-24-34(31)47-33(35)19-21-42-37/h1-24H. The highest BCUT2D eigenvalue weighted by atomic mass is 32.1. The van der Waals surface area contributed by atoms with Gasteiger partial charge in [0.05, 0.1) is 16.1 Å². The number of pyridine rings is 3. The number of aromatic nitrogens is 6. The van der Waals surface area contributed by atoms with Gasteiger partial charge < -0.3 is 0 Å². The van der Waals surface area contributed by atoms with Crippen LogP contribution in [0.15, 0.2) is 146 Å². The Bertz CT molecular complexity index is 2520. The van der Waals surface area contributed by atoms with Crippen LogP contribution in [-0.4, -0.2) is 29.9 Å². The van der Waals surface area contributed by atoms with Crippen molar-refractivity contribution in [1.29, 1.82) is 0 Å². The third kappa shape index (κ3) is 4.81. The molecular formula is C40H24N6S. The second-order valence-corrected chi connectivity index (χ2v) is 12.3. The minimum absolute atomic E-state index is 0.614. The molecule has 0 spiro atoms. The van der Waals surface area contributed by atoms with Crippen molar-refractivity contribution >= 4 is 42.3 Å². The van der Waals surface area contributed by atoms with Gasteiger partial charge in [0.1, 0.15) is 0 Å². The molecule has 0 aliphatic carbocycles. The first kappa shape index (κ1) is 27.2. The summed E-state index contributed by atoms with van der Waals surface area (Å²) in [5.74, 6) is 1.88. The van der Waals surface area contributed by atoms with E-state index in [0.717, 1.165) is 65.4 Å². The van der Waals surface area contributed by atoms with Crippen LogP contribution in [0.25, 0.3) is 87.6 Å². The molecule has 0 aliphatic heterocycles. The molecule has 0 unspecified atom stereocenters. The lowest BCUT2D eigenvalue weighted by atomic mass is 9.96. The molecule has 0 amide bonds. The normalized spacial score (nSPS) is 11.4. The van der Waals surface area contributed by atoms with Gasteiger partial charge in [-0.1, -0.05) is 103 Å². The fourth-order valence-corrected chi connectivity index (χ4v) is 7.20. The number of thiophene rings is 1. The number of benzene rings is 4. The molecule has 0 saturated carbocycles. The average Bonchev–Trinajstić information content (AvgIpc) is 3.54. The molecule has 47 heavy (non-hydrogen) atoms. The Hall–Kier alpha value is -6.18. The monoisotopic (exact) mass is 620 g/mol. The summed E-state index contributed by atoms with van der Waals surface area (Å²) in [4.78, 5) is 29.0. The Kier molecular flexibility index (Phi) is 6.54. The minimum atomic E-state index is 0.614. The largest absolute Gasteiger partial charge is 0.263 e. The van der Waals surface area contributed by atoms with Gasteiger partial charge in [-0.2, -0.15) is 0 Å². The van der Waals surface area contributed by atoms with Crippen LogP contribution in [0.3, 0.4) is 0 Å². The summed E-state index contributed by atoms with van der Waals surface area (Å²) in [6.45, 7) is 0. The highest BCUT2D eigenvalue weighted by molar-refractivity contribution is 7.25. The second-order valence-electron chi connectivity index (χ2n) is 11.2. The van der Waals surface area contributed by atoms with Gasteiger partial charge in [0, 0.05) is 67.9 Å². The van der Waals surface area contributed by atoms with Gasteiger partial charge in [-0.3, -0.25) is 15.0 Å². The van der Waals surface area contributed by atoms with E-state index in [1.54, 1.807) is 11.3 Å². The first-order valence-electron chi connectivity index (χ1n) is 15.3. The molecule has 5 aromatic heterocycles. The van der Waals surface area contributed by atoms with Crippen LogP contribution >= 0.6 is 11.3 Å². The van der Waals surface area contributed by atoms with Gasteiger partial charge in [-0.05, 0) is 29.1 Å². The Morgan fingerprint density at radius 1 is 0.426 bits per heavy atom. The maximum atomic E-state index is 5.09. The van der Waals surface area contributed by atoms with Crippen LogP contribution in [-0.2, 0) is 0 Å². The molecule has 0 aliphatic rings. The van der Waals surface area contributed by atoms with Crippen LogP contribution in [0.2, 0.25) is 0 Å². The third-order valence-corrected chi connectivity index (χ3v) is 9.44. The van der Waals surface area contributed by atoms with Crippen LogP contribution in [0.4, 0.5) is 0 Å². The number of nitrogens with zero attached hydrogens (tertiary/aromatic N) is 6. The molecular weight excluding hydrogens is 597 g/mol. The van der Waals surface area contributed by atoms with E-state index in [2.05, 4.69) is 59.6 Å². The lowest BCUT2D eigenvalue weighted by molar-refractivity contribution is 1.07. The van der Waals surface area contributed by atoms with Crippen molar-refractivity contribution in [2.75, 3.05) is 0 Å². The van der Waals surface area contributed by atoms with Crippen molar-refractivity contribution in [2.45, 2.75) is 0 Å². The molecule has 0 N–H and O–H groups in total. The number of hydrogen-bond donors (Lipinski definition) is 0. The summed E-state index contributed by atoms with van der Waals surface area (Å²) in [6.07, 6.45) is 7.59. The molecule has 9 aromatic rings. The van der Waals surface area contributed by atoms with E-state index >= 15 is 0 Å². The van der Waals surface area contributed by atoms with Crippen molar-refractivity contribution in [3.05, 3.63) is 146 Å². The number of fused-ring (bicyclic) bond motifs is 4. The molecule has 6 nitrogen and oxygen atoms in total. The van der Waals surface area contributed by atoms with Gasteiger partial charge in [0.2, 0.25) is 0 Å². The smallest absolute Gasteiger partial charge is 0.164 e. The zero-order valence-corrected chi connectivity index (χ0v) is 25.8. The quantitative estimate of drug-likeness (QED) is 0.191. The molecule has 0 fully saturated rings. The zero-order chi connectivity index (χ0) is 31.2. The van der Waals surface area contributed by atoms with Gasteiger partial charge in [-0.25, -0.2) is 15.0 Å². The van der Waals surface area contributed by atoms with Crippen LogP contribution in [0, 0.1) is 0 Å². The Morgan fingerprint density at radius 3 is 1.81 bits per heavy atom. The maximum Gasteiger partial charge on any atom is 0.164 e.